The van der Waals surface area contributed by atoms with E-state index in [1.54, 1.807) is 14.2 Å². The number of methoxy groups -OCH3 is 1. The van der Waals surface area contributed by atoms with Gasteiger partial charge in [-0.15, -0.1) is 0 Å². The first-order chi connectivity index (χ1) is 6.09. The fraction of sp³-hybridized carbons (Fsp3) is 0.778. The number of allylic oxidation sites excluding steroid dienone is 1. The van der Waals surface area contributed by atoms with Crippen molar-refractivity contribution in [1.82, 2.24) is 4.90 Å². The van der Waals surface area contributed by atoms with Crippen molar-refractivity contribution in [1.29, 1.82) is 0 Å². The van der Waals surface area contributed by atoms with Crippen molar-refractivity contribution in [2.45, 2.75) is 20.8 Å². The molecule has 2 nitrogen and oxygen atoms in total. The van der Waals surface area contributed by atoms with Crippen LogP contribution in [0, 0.1) is 0 Å². The van der Waals surface area contributed by atoms with Gasteiger partial charge in [0.25, 0.3) is 6.08 Å². The Kier molecular flexibility index (Phi) is 10.8. The standard InChI is InChI=1S/C7H13F2NO.C2H6/c1-6(7(8)9)10(2)4-5-11-3;1-2/h4-5H2,1-3H3;1-2H3. The first kappa shape index (κ1) is 14.9. The fourth-order valence-corrected chi connectivity index (χ4v) is 0.540. The smallest absolute Gasteiger partial charge is 0.288 e. The predicted octanol–water partition coefficient (Wildman–Crippen LogP) is 2.72. The number of nitrogens with zero attached hydrogens (tertiary/aromatic N) is 1. The minimum Gasteiger partial charge on any atom is -0.383 e. The van der Waals surface area contributed by atoms with Crippen LogP contribution in [-0.4, -0.2) is 32.2 Å². The number of hydrogen-bond acceptors (Lipinski definition) is 2. The maximum Gasteiger partial charge on any atom is 0.288 e. The summed E-state index contributed by atoms with van der Waals surface area (Å²) in [5.41, 5.74) is 0.00190. The van der Waals surface area contributed by atoms with Gasteiger partial charge in [0.1, 0.15) is 0 Å². The fourth-order valence-electron chi connectivity index (χ4n) is 0.540. The van der Waals surface area contributed by atoms with Crippen molar-refractivity contribution in [2.75, 3.05) is 27.3 Å². The van der Waals surface area contributed by atoms with Crippen LogP contribution in [-0.2, 0) is 4.74 Å². The molecule has 0 heterocycles. The second-order valence-corrected chi connectivity index (χ2v) is 2.26. The van der Waals surface area contributed by atoms with Crippen molar-refractivity contribution in [3.05, 3.63) is 11.8 Å². The van der Waals surface area contributed by atoms with Crippen LogP contribution in [0.4, 0.5) is 8.78 Å². The van der Waals surface area contributed by atoms with E-state index in [2.05, 4.69) is 0 Å². The maximum absolute atomic E-state index is 11.9. The van der Waals surface area contributed by atoms with E-state index >= 15 is 0 Å². The number of rotatable bonds is 4. The molecule has 0 rings (SSSR count). The third-order valence-electron chi connectivity index (χ3n) is 1.48. The normalized spacial score (nSPS) is 8.54. The largest absolute Gasteiger partial charge is 0.383 e. The summed E-state index contributed by atoms with van der Waals surface area (Å²) < 4.78 is 28.5. The highest BCUT2D eigenvalue weighted by Gasteiger charge is 2.04. The third-order valence-corrected chi connectivity index (χ3v) is 1.48. The molecule has 0 aliphatic heterocycles. The highest BCUT2D eigenvalue weighted by Crippen LogP contribution is 2.09. The van der Waals surface area contributed by atoms with Crippen LogP contribution in [0.5, 0.6) is 0 Å². The highest BCUT2D eigenvalue weighted by molar-refractivity contribution is 4.95. The predicted molar refractivity (Wildman–Crippen MR) is 50.8 cm³/mol. The summed E-state index contributed by atoms with van der Waals surface area (Å²) in [6.07, 6.45) is -1.64. The minimum atomic E-state index is -1.64. The van der Waals surface area contributed by atoms with E-state index in [9.17, 15) is 8.78 Å². The van der Waals surface area contributed by atoms with Gasteiger partial charge in [0.05, 0.1) is 12.3 Å². The molecule has 0 saturated carbocycles. The van der Waals surface area contributed by atoms with Gasteiger partial charge in [-0.05, 0) is 6.92 Å². The lowest BCUT2D eigenvalue weighted by Crippen LogP contribution is -2.21. The summed E-state index contributed by atoms with van der Waals surface area (Å²) in [5.74, 6) is 0. The van der Waals surface area contributed by atoms with Crippen molar-refractivity contribution in [3.8, 4) is 0 Å². The second-order valence-electron chi connectivity index (χ2n) is 2.26. The molecule has 4 heteroatoms. The molecule has 0 spiro atoms. The van der Waals surface area contributed by atoms with Crippen LogP contribution >= 0.6 is 0 Å². The lowest BCUT2D eigenvalue weighted by atomic mass is 10.4. The summed E-state index contributed by atoms with van der Waals surface area (Å²) in [5, 5.41) is 0. The van der Waals surface area contributed by atoms with Crippen LogP contribution in [0.3, 0.4) is 0 Å². The SMILES string of the molecule is CC.COCCN(C)C(C)=C(F)F. The number of ether oxygens (including phenoxy) is 1. The summed E-state index contributed by atoms with van der Waals surface area (Å²) in [6.45, 7) is 6.33. The zero-order valence-corrected chi connectivity index (χ0v) is 9.03. The zero-order chi connectivity index (χ0) is 10.9. The molecule has 0 fully saturated rings. The Labute approximate surface area is 79.2 Å². The van der Waals surface area contributed by atoms with Crippen molar-refractivity contribution in [3.63, 3.8) is 0 Å². The Balaban J connectivity index is 0. The van der Waals surface area contributed by atoms with Crippen LogP contribution in [0.15, 0.2) is 11.8 Å². The lowest BCUT2D eigenvalue weighted by molar-refractivity contribution is 0.170. The summed E-state index contributed by atoms with van der Waals surface area (Å²) in [6, 6.07) is 0. The molecule has 0 aliphatic rings. The molecule has 0 aromatic rings. The van der Waals surface area contributed by atoms with E-state index in [0.29, 0.717) is 13.2 Å². The Hall–Kier alpha value is -0.640. The monoisotopic (exact) mass is 195 g/mol. The maximum atomic E-state index is 11.9. The summed E-state index contributed by atoms with van der Waals surface area (Å²) in [7, 11) is 3.15. The van der Waals surface area contributed by atoms with E-state index in [4.69, 9.17) is 4.74 Å². The van der Waals surface area contributed by atoms with Gasteiger partial charge in [0.2, 0.25) is 0 Å². The van der Waals surface area contributed by atoms with Gasteiger partial charge >= 0.3 is 0 Å². The molecule has 0 aromatic carbocycles. The van der Waals surface area contributed by atoms with E-state index in [1.807, 2.05) is 13.8 Å². The topological polar surface area (TPSA) is 12.5 Å². The quantitative estimate of drug-likeness (QED) is 0.684. The van der Waals surface area contributed by atoms with Crippen LogP contribution in [0.2, 0.25) is 0 Å². The average molecular weight is 195 g/mol. The first-order valence-corrected chi connectivity index (χ1v) is 4.31. The average Bonchev–Trinajstić information content (AvgIpc) is 2.16. The van der Waals surface area contributed by atoms with Gasteiger partial charge < -0.3 is 9.64 Å². The van der Waals surface area contributed by atoms with Gasteiger partial charge in [0, 0.05) is 20.7 Å². The van der Waals surface area contributed by atoms with Crippen molar-refractivity contribution < 1.29 is 13.5 Å². The Morgan fingerprint density at radius 1 is 1.31 bits per heavy atom. The molecule has 0 aliphatic carbocycles. The van der Waals surface area contributed by atoms with E-state index in [0.717, 1.165) is 0 Å². The molecule has 0 unspecified atom stereocenters. The van der Waals surface area contributed by atoms with Crippen LogP contribution in [0.1, 0.15) is 20.8 Å². The van der Waals surface area contributed by atoms with E-state index < -0.39 is 6.08 Å². The molecular formula is C9H19F2NO. The number of halogens is 2. The van der Waals surface area contributed by atoms with Gasteiger partial charge in [-0.25, -0.2) is 0 Å². The van der Waals surface area contributed by atoms with Gasteiger partial charge in [-0.2, -0.15) is 8.78 Å². The van der Waals surface area contributed by atoms with Crippen molar-refractivity contribution in [2.24, 2.45) is 0 Å². The lowest BCUT2D eigenvalue weighted by Gasteiger charge is -2.17. The van der Waals surface area contributed by atoms with Gasteiger partial charge in [-0.3, -0.25) is 0 Å². The van der Waals surface area contributed by atoms with Gasteiger partial charge in [-0.1, -0.05) is 13.8 Å². The molecular weight excluding hydrogens is 176 g/mol. The second kappa shape index (κ2) is 9.45. The Morgan fingerprint density at radius 3 is 2.08 bits per heavy atom. The van der Waals surface area contributed by atoms with Crippen LogP contribution < -0.4 is 0 Å². The molecule has 0 bridgehead atoms. The van der Waals surface area contributed by atoms with Gasteiger partial charge in [0.15, 0.2) is 0 Å². The summed E-state index contributed by atoms with van der Waals surface area (Å²) >= 11 is 0. The molecule has 0 aromatic heterocycles. The Bertz CT molecular complexity index is 145. The highest BCUT2D eigenvalue weighted by atomic mass is 19.3. The van der Waals surface area contributed by atoms with Crippen LogP contribution in [0.25, 0.3) is 0 Å². The summed E-state index contributed by atoms with van der Waals surface area (Å²) in [4.78, 5) is 1.46. The minimum absolute atomic E-state index is 0.00190. The Morgan fingerprint density at radius 2 is 1.77 bits per heavy atom. The molecule has 0 atom stereocenters. The third kappa shape index (κ3) is 7.71. The molecule has 0 radical (unpaired) electrons. The van der Waals surface area contributed by atoms with E-state index in [-0.39, 0.29) is 5.70 Å². The van der Waals surface area contributed by atoms with Crippen molar-refractivity contribution >= 4 is 0 Å². The molecule has 80 valence electrons. The van der Waals surface area contributed by atoms with E-state index in [1.165, 1.54) is 11.8 Å². The molecule has 0 N–H and O–H groups in total. The zero-order valence-electron chi connectivity index (χ0n) is 9.03. The number of hydrogen-bond donors (Lipinski definition) is 0. The molecule has 0 saturated heterocycles. The first-order valence-electron chi connectivity index (χ1n) is 4.31. The molecule has 13 heavy (non-hydrogen) atoms. The number of likely N-dealkylation sites (N-methyl/N-ethyl adjacent to an activating group) is 1. The molecule has 0 amide bonds.